The molecule has 0 aliphatic carbocycles. The summed E-state index contributed by atoms with van der Waals surface area (Å²) in [4.78, 5) is 40.5. The molecule has 0 radical (unpaired) electrons. The summed E-state index contributed by atoms with van der Waals surface area (Å²) in [5, 5.41) is 5.44. The Labute approximate surface area is 160 Å². The number of methoxy groups -OCH3 is 1. The van der Waals surface area contributed by atoms with Crippen molar-refractivity contribution in [3.05, 3.63) is 54.1 Å². The first-order chi connectivity index (χ1) is 13.3. The fourth-order valence-electron chi connectivity index (χ4n) is 2.77. The molecule has 0 spiro atoms. The van der Waals surface area contributed by atoms with Gasteiger partial charge in [-0.1, -0.05) is 0 Å². The predicted molar refractivity (Wildman–Crippen MR) is 101 cm³/mol. The number of aromatic nitrogens is 4. The Morgan fingerprint density at radius 3 is 2.04 bits per heavy atom. The quantitative estimate of drug-likeness (QED) is 0.646. The van der Waals surface area contributed by atoms with Gasteiger partial charge in [-0.15, -0.1) is 0 Å². The Balaban J connectivity index is 1.74. The second kappa shape index (κ2) is 7.43. The molecule has 0 atom stereocenters. The highest BCUT2D eigenvalue weighted by Gasteiger charge is 2.18. The van der Waals surface area contributed by atoms with Crippen molar-refractivity contribution in [2.24, 2.45) is 21.1 Å². The van der Waals surface area contributed by atoms with E-state index in [2.05, 4.69) is 15.6 Å². The van der Waals surface area contributed by atoms with Crippen LogP contribution in [0.3, 0.4) is 0 Å². The fourth-order valence-corrected chi connectivity index (χ4v) is 2.77. The number of hydrogen-bond donors (Lipinski definition) is 2. The zero-order chi connectivity index (χ0) is 20.4. The molecular formula is C18H20N6O4. The van der Waals surface area contributed by atoms with E-state index < -0.39 is 5.97 Å². The average molecular weight is 384 g/mol. The summed E-state index contributed by atoms with van der Waals surface area (Å²) in [6.07, 6.45) is 6.43. The minimum Gasteiger partial charge on any atom is -0.464 e. The van der Waals surface area contributed by atoms with E-state index in [9.17, 15) is 14.4 Å². The van der Waals surface area contributed by atoms with Crippen LogP contribution in [-0.2, 0) is 25.9 Å². The number of imidazole rings is 1. The lowest BCUT2D eigenvalue weighted by molar-refractivity contribution is 0.0589. The first-order valence-electron chi connectivity index (χ1n) is 8.31. The number of rotatable bonds is 5. The largest absolute Gasteiger partial charge is 0.464 e. The molecule has 10 heteroatoms. The van der Waals surface area contributed by atoms with Crippen LogP contribution in [0.15, 0.2) is 36.9 Å². The van der Waals surface area contributed by atoms with Gasteiger partial charge in [-0.25, -0.2) is 9.78 Å². The Bertz CT molecular complexity index is 1060. The van der Waals surface area contributed by atoms with Crippen molar-refractivity contribution in [3.8, 4) is 0 Å². The van der Waals surface area contributed by atoms with Crippen LogP contribution in [0, 0.1) is 0 Å². The van der Waals surface area contributed by atoms with Crippen LogP contribution < -0.4 is 10.6 Å². The van der Waals surface area contributed by atoms with Crippen LogP contribution in [0.5, 0.6) is 0 Å². The topological polar surface area (TPSA) is 112 Å². The van der Waals surface area contributed by atoms with Crippen LogP contribution >= 0.6 is 0 Å². The lowest BCUT2D eigenvalue weighted by Crippen LogP contribution is -2.16. The minimum absolute atomic E-state index is 0.259. The maximum atomic E-state index is 12.6. The molecule has 3 rings (SSSR count). The molecule has 0 saturated heterocycles. The molecule has 2 amide bonds. The molecule has 3 aromatic heterocycles. The van der Waals surface area contributed by atoms with Gasteiger partial charge in [0.05, 0.1) is 18.5 Å². The third-order valence-electron chi connectivity index (χ3n) is 4.18. The lowest BCUT2D eigenvalue weighted by atomic mass is 10.3. The highest BCUT2D eigenvalue weighted by molar-refractivity contribution is 6.06. The molecule has 0 fully saturated rings. The van der Waals surface area contributed by atoms with Crippen molar-refractivity contribution in [1.29, 1.82) is 0 Å². The Morgan fingerprint density at radius 2 is 1.46 bits per heavy atom. The van der Waals surface area contributed by atoms with E-state index in [0.29, 0.717) is 22.8 Å². The molecule has 10 nitrogen and oxygen atoms in total. The van der Waals surface area contributed by atoms with Gasteiger partial charge < -0.3 is 29.1 Å². The molecule has 28 heavy (non-hydrogen) atoms. The maximum absolute atomic E-state index is 12.6. The number of hydrogen-bond acceptors (Lipinski definition) is 5. The number of anilines is 2. The number of aryl methyl sites for hydroxylation is 3. The molecule has 0 aromatic carbocycles. The standard InChI is InChI=1S/C18H20N6O4/c1-22-6-5-19-15(22)17(26)21-11-7-13(23(2)9-11)16(25)20-12-8-14(18(27)28-4)24(3)10-12/h5-10H,1-4H3,(H,20,25)(H,21,26). The second-order valence-corrected chi connectivity index (χ2v) is 6.21. The van der Waals surface area contributed by atoms with Gasteiger partial charge in [-0.2, -0.15) is 0 Å². The van der Waals surface area contributed by atoms with Crippen molar-refractivity contribution in [2.45, 2.75) is 0 Å². The van der Waals surface area contributed by atoms with E-state index in [-0.39, 0.29) is 17.6 Å². The van der Waals surface area contributed by atoms with E-state index in [1.807, 2.05) is 0 Å². The zero-order valence-electron chi connectivity index (χ0n) is 15.9. The summed E-state index contributed by atoms with van der Waals surface area (Å²) in [6, 6.07) is 3.08. The van der Waals surface area contributed by atoms with Crippen molar-refractivity contribution in [2.75, 3.05) is 17.7 Å². The SMILES string of the molecule is COC(=O)c1cc(NC(=O)c2cc(NC(=O)c3nccn3C)cn2C)cn1C. The zero-order valence-corrected chi connectivity index (χ0v) is 15.9. The first kappa shape index (κ1) is 19.0. The molecule has 0 unspecified atom stereocenters. The van der Waals surface area contributed by atoms with E-state index in [4.69, 9.17) is 4.74 Å². The molecule has 0 aliphatic heterocycles. The number of amides is 2. The highest BCUT2D eigenvalue weighted by Crippen LogP contribution is 2.18. The Hall–Kier alpha value is -3.82. The van der Waals surface area contributed by atoms with E-state index in [1.165, 1.54) is 19.4 Å². The molecule has 0 saturated carbocycles. The van der Waals surface area contributed by atoms with Crippen LogP contribution in [0.4, 0.5) is 11.4 Å². The van der Waals surface area contributed by atoms with Gasteiger partial charge in [-0.05, 0) is 12.1 Å². The Kier molecular flexibility index (Phi) is 5.03. The molecular weight excluding hydrogens is 364 g/mol. The second-order valence-electron chi connectivity index (χ2n) is 6.21. The number of ether oxygens (including phenoxy) is 1. The molecule has 3 aromatic rings. The van der Waals surface area contributed by atoms with Crippen molar-refractivity contribution in [1.82, 2.24) is 18.7 Å². The summed E-state index contributed by atoms with van der Waals surface area (Å²) in [7, 11) is 6.37. The van der Waals surface area contributed by atoms with Crippen LogP contribution in [0.25, 0.3) is 0 Å². The summed E-state index contributed by atoms with van der Waals surface area (Å²) >= 11 is 0. The molecule has 2 N–H and O–H groups in total. The smallest absolute Gasteiger partial charge is 0.354 e. The van der Waals surface area contributed by atoms with Crippen LogP contribution in [0.1, 0.15) is 31.6 Å². The van der Waals surface area contributed by atoms with Gasteiger partial charge in [0.25, 0.3) is 11.8 Å². The number of nitrogens with zero attached hydrogens (tertiary/aromatic N) is 4. The number of carbonyl (C=O) groups is 3. The van der Waals surface area contributed by atoms with Gasteiger partial charge in [0, 0.05) is 45.9 Å². The summed E-state index contributed by atoms with van der Waals surface area (Å²) in [5.74, 6) is -1.01. The fraction of sp³-hybridized carbons (Fsp3) is 0.222. The van der Waals surface area contributed by atoms with E-state index in [1.54, 1.807) is 59.5 Å². The predicted octanol–water partition coefficient (Wildman–Crippen LogP) is 1.39. The third kappa shape index (κ3) is 3.65. The van der Waals surface area contributed by atoms with Gasteiger partial charge >= 0.3 is 5.97 Å². The Morgan fingerprint density at radius 1 is 0.893 bits per heavy atom. The van der Waals surface area contributed by atoms with Gasteiger partial charge in [0.1, 0.15) is 11.4 Å². The van der Waals surface area contributed by atoms with Crippen LogP contribution in [0.2, 0.25) is 0 Å². The highest BCUT2D eigenvalue weighted by atomic mass is 16.5. The maximum Gasteiger partial charge on any atom is 0.354 e. The minimum atomic E-state index is -0.499. The molecule has 3 heterocycles. The van der Waals surface area contributed by atoms with Crippen LogP contribution in [-0.4, -0.2) is 43.6 Å². The van der Waals surface area contributed by atoms with Crippen molar-refractivity contribution >= 4 is 29.2 Å². The monoisotopic (exact) mass is 384 g/mol. The average Bonchev–Trinajstić information content (AvgIpc) is 3.33. The molecule has 0 aliphatic rings. The number of carbonyl (C=O) groups excluding carboxylic acids is 3. The number of esters is 1. The summed E-state index contributed by atoms with van der Waals surface area (Å²) in [5.41, 5.74) is 1.56. The lowest BCUT2D eigenvalue weighted by Gasteiger charge is -2.03. The van der Waals surface area contributed by atoms with Gasteiger partial charge in [0.2, 0.25) is 0 Å². The van der Waals surface area contributed by atoms with E-state index >= 15 is 0 Å². The molecule has 146 valence electrons. The molecule has 0 bridgehead atoms. The normalized spacial score (nSPS) is 10.6. The third-order valence-corrected chi connectivity index (χ3v) is 4.18. The first-order valence-corrected chi connectivity index (χ1v) is 8.31. The summed E-state index contributed by atoms with van der Waals surface area (Å²) in [6.45, 7) is 0. The van der Waals surface area contributed by atoms with E-state index in [0.717, 1.165) is 0 Å². The van der Waals surface area contributed by atoms with Crippen molar-refractivity contribution in [3.63, 3.8) is 0 Å². The van der Waals surface area contributed by atoms with Gasteiger partial charge in [0.15, 0.2) is 5.82 Å². The van der Waals surface area contributed by atoms with Gasteiger partial charge in [-0.3, -0.25) is 9.59 Å². The van der Waals surface area contributed by atoms with Crippen molar-refractivity contribution < 1.29 is 19.1 Å². The number of nitrogens with one attached hydrogen (secondary N) is 2. The summed E-state index contributed by atoms with van der Waals surface area (Å²) < 4.78 is 9.44.